The predicted molar refractivity (Wildman–Crippen MR) is 79.1 cm³/mol. The molecule has 1 saturated heterocycles. The van der Waals surface area contributed by atoms with Gasteiger partial charge in [-0.1, -0.05) is 11.6 Å². The molecule has 9 heteroatoms. The van der Waals surface area contributed by atoms with Gasteiger partial charge in [0, 0.05) is 5.56 Å². The predicted octanol–water partition coefficient (Wildman–Crippen LogP) is 1.60. The molecule has 1 aromatic heterocycles. The standard InChI is InChI=1S/C13H11ClN2O5S/c14-9-3-7(10-4-11(13(17)18)16-15-10)1-2-12(9)21-8-5-22(19,20)6-8/h1-4,8H,5-6H2,(H,15,16)(H,17,18). The first-order valence-electron chi connectivity index (χ1n) is 6.30. The molecular formula is C13H11ClN2O5S. The molecule has 0 saturated carbocycles. The zero-order chi connectivity index (χ0) is 15.9. The molecular weight excluding hydrogens is 332 g/mol. The SMILES string of the molecule is O=C(O)c1cc(-c2ccc(OC3CS(=O)(=O)C3)c(Cl)c2)n[nH]1. The number of nitrogens with zero attached hydrogens (tertiary/aromatic N) is 1. The van der Waals surface area contributed by atoms with Crippen LogP contribution in [0.3, 0.4) is 0 Å². The summed E-state index contributed by atoms with van der Waals surface area (Å²) in [6.07, 6.45) is -0.377. The van der Waals surface area contributed by atoms with Gasteiger partial charge in [-0.25, -0.2) is 13.2 Å². The largest absolute Gasteiger partial charge is 0.487 e. The summed E-state index contributed by atoms with van der Waals surface area (Å²) in [4.78, 5) is 10.8. The minimum atomic E-state index is -2.96. The van der Waals surface area contributed by atoms with Crippen LogP contribution in [0.4, 0.5) is 0 Å². The zero-order valence-corrected chi connectivity index (χ0v) is 12.7. The maximum absolute atomic E-state index is 11.1. The summed E-state index contributed by atoms with van der Waals surface area (Å²) >= 11 is 6.12. The number of carboxylic acid groups (broad SMARTS) is 1. The summed E-state index contributed by atoms with van der Waals surface area (Å²) in [5.41, 5.74) is 1.05. The van der Waals surface area contributed by atoms with Crippen molar-refractivity contribution >= 4 is 27.4 Å². The Balaban J connectivity index is 1.78. The Bertz CT molecular complexity index is 834. The number of hydrogen-bond acceptors (Lipinski definition) is 5. The van der Waals surface area contributed by atoms with E-state index in [0.717, 1.165) is 0 Å². The second-order valence-corrected chi connectivity index (χ2v) is 7.49. The lowest BCUT2D eigenvalue weighted by molar-refractivity contribution is 0.0690. The van der Waals surface area contributed by atoms with Crippen molar-refractivity contribution in [1.29, 1.82) is 0 Å². The van der Waals surface area contributed by atoms with Crippen molar-refractivity contribution in [3.8, 4) is 17.0 Å². The van der Waals surface area contributed by atoms with Crippen molar-refractivity contribution in [3.63, 3.8) is 0 Å². The topological polar surface area (TPSA) is 109 Å². The van der Waals surface area contributed by atoms with Gasteiger partial charge in [0.2, 0.25) is 0 Å². The minimum Gasteiger partial charge on any atom is -0.487 e. The Labute approximate surface area is 130 Å². The lowest BCUT2D eigenvalue weighted by Crippen LogP contribution is -2.45. The number of aromatic carboxylic acids is 1. The fourth-order valence-corrected chi connectivity index (χ4v) is 3.50. The van der Waals surface area contributed by atoms with Crippen LogP contribution in [-0.4, -0.2) is 47.3 Å². The molecule has 116 valence electrons. The van der Waals surface area contributed by atoms with Gasteiger partial charge in [-0.2, -0.15) is 5.10 Å². The Morgan fingerprint density at radius 1 is 1.36 bits per heavy atom. The lowest BCUT2D eigenvalue weighted by Gasteiger charge is -2.26. The van der Waals surface area contributed by atoms with Gasteiger partial charge in [0.05, 0.1) is 22.2 Å². The summed E-state index contributed by atoms with van der Waals surface area (Å²) in [5, 5.41) is 15.5. The van der Waals surface area contributed by atoms with E-state index in [1.54, 1.807) is 18.2 Å². The highest BCUT2D eigenvalue weighted by Gasteiger charge is 2.35. The molecule has 1 aliphatic heterocycles. The molecule has 0 spiro atoms. The summed E-state index contributed by atoms with van der Waals surface area (Å²) in [7, 11) is -2.96. The van der Waals surface area contributed by atoms with Gasteiger partial charge in [-0.15, -0.1) is 0 Å². The third kappa shape index (κ3) is 2.93. The molecule has 1 fully saturated rings. The first-order chi connectivity index (χ1) is 10.3. The molecule has 22 heavy (non-hydrogen) atoms. The fraction of sp³-hybridized carbons (Fsp3) is 0.231. The summed E-state index contributed by atoms with van der Waals surface area (Å²) in [6, 6.07) is 6.27. The van der Waals surface area contributed by atoms with Crippen molar-refractivity contribution in [2.45, 2.75) is 6.10 Å². The smallest absolute Gasteiger partial charge is 0.353 e. The molecule has 0 bridgehead atoms. The second kappa shape index (κ2) is 5.29. The number of H-pyrrole nitrogens is 1. The van der Waals surface area contributed by atoms with E-state index in [9.17, 15) is 13.2 Å². The first-order valence-corrected chi connectivity index (χ1v) is 8.50. The highest BCUT2D eigenvalue weighted by molar-refractivity contribution is 7.92. The number of sulfone groups is 1. The van der Waals surface area contributed by atoms with Crippen molar-refractivity contribution in [2.24, 2.45) is 0 Å². The van der Waals surface area contributed by atoms with Crippen LogP contribution >= 0.6 is 11.6 Å². The van der Waals surface area contributed by atoms with Crippen LogP contribution in [0.2, 0.25) is 5.02 Å². The van der Waals surface area contributed by atoms with E-state index in [0.29, 0.717) is 22.0 Å². The van der Waals surface area contributed by atoms with Crippen LogP contribution in [0.25, 0.3) is 11.3 Å². The van der Waals surface area contributed by atoms with Crippen molar-refractivity contribution in [3.05, 3.63) is 35.0 Å². The summed E-state index contributed by atoms with van der Waals surface area (Å²) in [5.74, 6) is -0.728. The van der Waals surface area contributed by atoms with Crippen LogP contribution in [0, 0.1) is 0 Å². The fourth-order valence-electron chi connectivity index (χ4n) is 2.10. The molecule has 2 heterocycles. The molecule has 2 N–H and O–H groups in total. The number of carbonyl (C=O) groups is 1. The van der Waals surface area contributed by atoms with Crippen LogP contribution in [-0.2, 0) is 9.84 Å². The van der Waals surface area contributed by atoms with Crippen LogP contribution in [0.15, 0.2) is 24.3 Å². The monoisotopic (exact) mass is 342 g/mol. The van der Waals surface area contributed by atoms with Crippen LogP contribution in [0.1, 0.15) is 10.5 Å². The van der Waals surface area contributed by atoms with E-state index >= 15 is 0 Å². The third-order valence-electron chi connectivity index (χ3n) is 3.21. The van der Waals surface area contributed by atoms with Gasteiger partial charge in [-0.05, 0) is 24.3 Å². The van der Waals surface area contributed by atoms with Crippen molar-refractivity contribution in [2.75, 3.05) is 11.5 Å². The molecule has 0 atom stereocenters. The highest BCUT2D eigenvalue weighted by Crippen LogP contribution is 2.32. The third-order valence-corrected chi connectivity index (χ3v) is 5.26. The first kappa shape index (κ1) is 14.9. The number of aromatic nitrogens is 2. The molecule has 2 aromatic rings. The normalized spacial score (nSPS) is 17.0. The van der Waals surface area contributed by atoms with E-state index in [1.165, 1.54) is 6.07 Å². The Morgan fingerprint density at radius 2 is 2.09 bits per heavy atom. The average molecular weight is 343 g/mol. The molecule has 3 rings (SSSR count). The van der Waals surface area contributed by atoms with Gasteiger partial charge < -0.3 is 9.84 Å². The van der Waals surface area contributed by atoms with Gasteiger partial charge >= 0.3 is 5.97 Å². The van der Waals surface area contributed by atoms with E-state index in [4.69, 9.17) is 21.4 Å². The number of aromatic amines is 1. The second-order valence-electron chi connectivity index (χ2n) is 4.93. The molecule has 0 unspecified atom stereocenters. The number of nitrogens with one attached hydrogen (secondary N) is 1. The Hall–Kier alpha value is -2.06. The van der Waals surface area contributed by atoms with E-state index < -0.39 is 15.8 Å². The van der Waals surface area contributed by atoms with Gasteiger partial charge in [0.25, 0.3) is 0 Å². The van der Waals surface area contributed by atoms with Crippen LogP contribution in [0.5, 0.6) is 5.75 Å². The lowest BCUT2D eigenvalue weighted by atomic mass is 10.1. The number of carboxylic acids is 1. The van der Waals surface area contributed by atoms with Crippen molar-refractivity contribution in [1.82, 2.24) is 10.2 Å². The molecule has 1 aromatic carbocycles. The Morgan fingerprint density at radius 3 is 2.64 bits per heavy atom. The van der Waals surface area contributed by atoms with E-state index in [2.05, 4.69) is 10.2 Å². The molecule has 7 nitrogen and oxygen atoms in total. The van der Waals surface area contributed by atoms with E-state index in [-0.39, 0.29) is 23.3 Å². The number of rotatable bonds is 4. The quantitative estimate of drug-likeness (QED) is 0.873. The maximum atomic E-state index is 11.1. The van der Waals surface area contributed by atoms with Crippen LogP contribution < -0.4 is 4.74 Å². The highest BCUT2D eigenvalue weighted by atomic mass is 35.5. The zero-order valence-electron chi connectivity index (χ0n) is 11.1. The Kier molecular flexibility index (Phi) is 3.57. The molecule has 1 aliphatic rings. The molecule has 0 aliphatic carbocycles. The average Bonchev–Trinajstić information content (AvgIpc) is 2.88. The maximum Gasteiger partial charge on any atom is 0.353 e. The van der Waals surface area contributed by atoms with Gasteiger partial charge in [0.15, 0.2) is 9.84 Å². The number of benzene rings is 1. The minimum absolute atomic E-state index is 0.00752. The van der Waals surface area contributed by atoms with E-state index in [1.807, 2.05) is 0 Å². The summed E-state index contributed by atoms with van der Waals surface area (Å²) in [6.45, 7) is 0. The van der Waals surface area contributed by atoms with Gasteiger partial charge in [0.1, 0.15) is 17.5 Å². The number of halogens is 1. The van der Waals surface area contributed by atoms with Gasteiger partial charge in [-0.3, -0.25) is 5.10 Å². The molecule has 0 amide bonds. The molecule has 0 radical (unpaired) electrons. The number of hydrogen-bond donors (Lipinski definition) is 2. The summed E-state index contributed by atoms with van der Waals surface area (Å²) < 4.78 is 27.7. The number of ether oxygens (including phenoxy) is 1. The van der Waals surface area contributed by atoms with Crippen molar-refractivity contribution < 1.29 is 23.1 Å².